The van der Waals surface area contributed by atoms with Crippen LogP contribution < -0.4 is 0 Å². The largest absolute Gasteiger partial charge is 0.507 e. The standard InChI is InChI=1S/C24H22OS/c1-14-9-16(3)23(17(4)10-14)20-12-15(2)11-19(24(20)25)22-13-18-7-5-6-8-21(18)26-22/h5-13,25H,1-4H3. The molecular formula is C24H22OS. The van der Waals surface area contributed by atoms with Crippen LogP contribution in [-0.2, 0) is 0 Å². The molecule has 2 heteroatoms. The second-order valence-electron chi connectivity index (χ2n) is 7.13. The molecule has 1 heterocycles. The van der Waals surface area contributed by atoms with Crippen LogP contribution in [0.25, 0.3) is 31.7 Å². The van der Waals surface area contributed by atoms with Gasteiger partial charge in [-0.15, -0.1) is 11.3 Å². The molecule has 0 atom stereocenters. The fourth-order valence-corrected chi connectivity index (χ4v) is 4.96. The molecule has 0 radical (unpaired) electrons. The highest BCUT2D eigenvalue weighted by atomic mass is 32.1. The predicted molar refractivity (Wildman–Crippen MR) is 113 cm³/mol. The van der Waals surface area contributed by atoms with E-state index in [0.717, 1.165) is 27.1 Å². The first-order valence-corrected chi connectivity index (χ1v) is 9.66. The van der Waals surface area contributed by atoms with E-state index in [1.807, 2.05) is 0 Å². The quantitative estimate of drug-likeness (QED) is 0.402. The average Bonchev–Trinajstić information content (AvgIpc) is 3.00. The highest BCUT2D eigenvalue weighted by Crippen LogP contribution is 2.44. The summed E-state index contributed by atoms with van der Waals surface area (Å²) in [6, 6.07) is 19.1. The summed E-state index contributed by atoms with van der Waals surface area (Å²) in [5.74, 6) is 0.372. The van der Waals surface area contributed by atoms with Gasteiger partial charge in [-0.2, -0.15) is 0 Å². The number of phenolic OH excluding ortho intramolecular Hbond substituents is 1. The zero-order valence-corrected chi connectivity index (χ0v) is 16.4. The molecule has 4 rings (SSSR count). The third-order valence-corrected chi connectivity index (χ3v) is 6.04. The van der Waals surface area contributed by atoms with E-state index in [1.54, 1.807) is 11.3 Å². The van der Waals surface area contributed by atoms with Crippen molar-refractivity contribution < 1.29 is 5.11 Å². The Hall–Kier alpha value is -2.58. The lowest BCUT2D eigenvalue weighted by Gasteiger charge is -2.16. The summed E-state index contributed by atoms with van der Waals surface area (Å²) < 4.78 is 1.24. The van der Waals surface area contributed by atoms with Gasteiger partial charge in [0.15, 0.2) is 0 Å². The van der Waals surface area contributed by atoms with Crippen molar-refractivity contribution in [3.63, 3.8) is 0 Å². The van der Waals surface area contributed by atoms with E-state index >= 15 is 0 Å². The lowest BCUT2D eigenvalue weighted by molar-refractivity contribution is 0.479. The highest BCUT2D eigenvalue weighted by molar-refractivity contribution is 7.22. The first-order chi connectivity index (χ1) is 12.4. The molecule has 3 aromatic carbocycles. The van der Waals surface area contributed by atoms with Gasteiger partial charge in [-0.05, 0) is 79.6 Å². The third-order valence-electron chi connectivity index (χ3n) is 4.89. The topological polar surface area (TPSA) is 20.2 Å². The van der Waals surface area contributed by atoms with Crippen LogP contribution in [0.3, 0.4) is 0 Å². The van der Waals surface area contributed by atoms with Crippen molar-refractivity contribution in [3.8, 4) is 27.3 Å². The number of rotatable bonds is 2. The van der Waals surface area contributed by atoms with Crippen LogP contribution in [0, 0.1) is 27.7 Å². The van der Waals surface area contributed by atoms with Gasteiger partial charge in [-0.1, -0.05) is 35.9 Å². The number of thiophene rings is 1. The Kier molecular flexibility index (Phi) is 4.08. The number of benzene rings is 3. The Morgan fingerprint density at radius 3 is 2.04 bits per heavy atom. The normalized spacial score (nSPS) is 11.2. The minimum Gasteiger partial charge on any atom is -0.507 e. The van der Waals surface area contributed by atoms with Gasteiger partial charge >= 0.3 is 0 Å². The Balaban J connectivity index is 1.97. The SMILES string of the molecule is Cc1cc(C)c(-c2cc(C)cc(-c3cc4ccccc4s3)c2O)c(C)c1. The van der Waals surface area contributed by atoms with Gasteiger partial charge in [-0.3, -0.25) is 0 Å². The molecule has 1 aromatic heterocycles. The van der Waals surface area contributed by atoms with E-state index in [1.165, 1.54) is 26.8 Å². The number of hydrogen-bond donors (Lipinski definition) is 1. The number of aromatic hydroxyl groups is 1. The fraction of sp³-hybridized carbons (Fsp3) is 0.167. The summed E-state index contributed by atoms with van der Waals surface area (Å²) in [4.78, 5) is 1.11. The van der Waals surface area contributed by atoms with Gasteiger partial charge < -0.3 is 5.11 Å². The van der Waals surface area contributed by atoms with Crippen LogP contribution in [0.2, 0.25) is 0 Å². The van der Waals surface area contributed by atoms with Crippen LogP contribution in [0.4, 0.5) is 0 Å². The first-order valence-electron chi connectivity index (χ1n) is 8.85. The van der Waals surface area contributed by atoms with Crippen molar-refractivity contribution in [2.75, 3.05) is 0 Å². The Morgan fingerprint density at radius 1 is 0.731 bits per heavy atom. The molecule has 0 bridgehead atoms. The average molecular weight is 359 g/mol. The maximum atomic E-state index is 11.2. The molecule has 0 amide bonds. The summed E-state index contributed by atoms with van der Waals surface area (Å²) in [6.45, 7) is 8.45. The van der Waals surface area contributed by atoms with Gasteiger partial charge in [0.05, 0.1) is 0 Å². The molecule has 1 nitrogen and oxygen atoms in total. The van der Waals surface area contributed by atoms with Crippen molar-refractivity contribution in [1.29, 1.82) is 0 Å². The molecule has 0 unspecified atom stereocenters. The molecule has 0 saturated heterocycles. The molecule has 0 aliphatic carbocycles. The Morgan fingerprint density at radius 2 is 1.35 bits per heavy atom. The van der Waals surface area contributed by atoms with Crippen LogP contribution in [0.1, 0.15) is 22.3 Å². The molecule has 0 saturated carbocycles. The van der Waals surface area contributed by atoms with Gasteiger partial charge in [0.2, 0.25) is 0 Å². The molecule has 4 aromatic rings. The number of aryl methyl sites for hydroxylation is 4. The molecular weight excluding hydrogens is 336 g/mol. The number of hydrogen-bond acceptors (Lipinski definition) is 2. The van der Waals surface area contributed by atoms with Gasteiger partial charge in [0, 0.05) is 20.7 Å². The zero-order chi connectivity index (χ0) is 18.4. The van der Waals surface area contributed by atoms with Crippen molar-refractivity contribution in [1.82, 2.24) is 0 Å². The second kappa shape index (κ2) is 6.30. The zero-order valence-electron chi connectivity index (χ0n) is 15.6. The summed E-state index contributed by atoms with van der Waals surface area (Å²) >= 11 is 1.73. The summed E-state index contributed by atoms with van der Waals surface area (Å²) in [5.41, 5.74) is 7.79. The minimum atomic E-state index is 0.372. The molecule has 0 aliphatic heterocycles. The van der Waals surface area contributed by atoms with Crippen molar-refractivity contribution in [2.45, 2.75) is 27.7 Å². The van der Waals surface area contributed by atoms with Crippen LogP contribution >= 0.6 is 11.3 Å². The molecule has 130 valence electrons. The summed E-state index contributed by atoms with van der Waals surface area (Å²) in [6.07, 6.45) is 0. The van der Waals surface area contributed by atoms with E-state index in [9.17, 15) is 5.11 Å². The minimum absolute atomic E-state index is 0.372. The van der Waals surface area contributed by atoms with E-state index in [2.05, 4.69) is 82.3 Å². The number of phenols is 1. The molecule has 0 spiro atoms. The smallest absolute Gasteiger partial charge is 0.132 e. The van der Waals surface area contributed by atoms with E-state index in [0.29, 0.717) is 5.75 Å². The van der Waals surface area contributed by atoms with Gasteiger partial charge in [0.25, 0.3) is 0 Å². The third kappa shape index (κ3) is 2.81. The molecule has 1 N–H and O–H groups in total. The maximum Gasteiger partial charge on any atom is 0.132 e. The molecule has 26 heavy (non-hydrogen) atoms. The maximum absolute atomic E-state index is 11.2. The Labute approximate surface area is 158 Å². The van der Waals surface area contributed by atoms with Crippen molar-refractivity contribution in [3.05, 3.63) is 76.9 Å². The molecule has 0 fully saturated rings. The van der Waals surface area contributed by atoms with Crippen LogP contribution in [0.5, 0.6) is 5.75 Å². The molecule has 0 aliphatic rings. The van der Waals surface area contributed by atoms with Crippen LogP contribution in [-0.4, -0.2) is 5.11 Å². The van der Waals surface area contributed by atoms with E-state index in [4.69, 9.17) is 0 Å². The highest BCUT2D eigenvalue weighted by Gasteiger charge is 2.17. The second-order valence-corrected chi connectivity index (χ2v) is 8.21. The fourth-order valence-electron chi connectivity index (χ4n) is 3.88. The Bertz CT molecular complexity index is 1080. The van der Waals surface area contributed by atoms with Crippen LogP contribution in [0.15, 0.2) is 54.6 Å². The lowest BCUT2D eigenvalue weighted by atomic mass is 9.90. The lowest BCUT2D eigenvalue weighted by Crippen LogP contribution is -1.92. The van der Waals surface area contributed by atoms with Gasteiger partial charge in [-0.25, -0.2) is 0 Å². The monoisotopic (exact) mass is 358 g/mol. The predicted octanol–water partition coefficient (Wildman–Crippen LogP) is 7.17. The van der Waals surface area contributed by atoms with Crippen molar-refractivity contribution >= 4 is 21.4 Å². The summed E-state index contributed by atoms with van der Waals surface area (Å²) in [7, 11) is 0. The van der Waals surface area contributed by atoms with E-state index < -0.39 is 0 Å². The number of fused-ring (bicyclic) bond motifs is 1. The van der Waals surface area contributed by atoms with E-state index in [-0.39, 0.29) is 0 Å². The first kappa shape index (κ1) is 16.9. The van der Waals surface area contributed by atoms with Gasteiger partial charge in [0.1, 0.15) is 5.75 Å². The van der Waals surface area contributed by atoms with Crippen molar-refractivity contribution in [2.24, 2.45) is 0 Å². The summed E-state index contributed by atoms with van der Waals surface area (Å²) in [5, 5.41) is 12.4.